The number of carboxylic acids is 1. The number of carbonyl (C=O) groups excluding carboxylic acids is 1. The molecule has 0 aliphatic carbocycles. The number of benzene rings is 2. The predicted octanol–water partition coefficient (Wildman–Crippen LogP) is 2.96. The highest BCUT2D eigenvalue weighted by atomic mass is 16.5. The Labute approximate surface area is 139 Å². The van der Waals surface area contributed by atoms with Crippen LogP contribution < -0.4 is 4.74 Å². The Bertz CT molecular complexity index is 809. The first-order chi connectivity index (χ1) is 11.4. The summed E-state index contributed by atoms with van der Waals surface area (Å²) in [5, 5.41) is 18.8. The topological polar surface area (TPSA) is 83.8 Å². The summed E-state index contributed by atoms with van der Waals surface area (Å²) in [5.41, 5.74) is 3.33. The lowest BCUT2D eigenvalue weighted by Gasteiger charge is -2.10. The molecule has 3 rings (SSSR count). The van der Waals surface area contributed by atoms with E-state index in [4.69, 9.17) is 9.84 Å². The van der Waals surface area contributed by atoms with E-state index in [1.807, 2.05) is 25.1 Å². The number of ether oxygens (including phenoxy) is 1. The first-order valence-electron chi connectivity index (χ1n) is 7.79. The molecule has 0 bridgehead atoms. The van der Waals surface area contributed by atoms with E-state index in [0.29, 0.717) is 17.7 Å². The lowest BCUT2D eigenvalue weighted by atomic mass is 9.91. The number of fused-ring (bicyclic) bond motifs is 1. The van der Waals surface area contributed by atoms with Gasteiger partial charge in [0.15, 0.2) is 0 Å². The molecule has 124 valence electrons. The summed E-state index contributed by atoms with van der Waals surface area (Å²) in [6, 6.07) is 10.8. The summed E-state index contributed by atoms with van der Waals surface area (Å²) >= 11 is 0. The van der Waals surface area contributed by atoms with Gasteiger partial charge in [-0.05, 0) is 43.0 Å². The summed E-state index contributed by atoms with van der Waals surface area (Å²) in [7, 11) is 0. The van der Waals surface area contributed by atoms with E-state index in [1.165, 1.54) is 0 Å². The molecule has 0 saturated carbocycles. The van der Waals surface area contributed by atoms with Gasteiger partial charge in [-0.15, -0.1) is 0 Å². The highest BCUT2D eigenvalue weighted by molar-refractivity contribution is 5.86. The van der Waals surface area contributed by atoms with Crippen molar-refractivity contribution in [2.75, 3.05) is 0 Å². The maximum atomic E-state index is 12.1. The van der Waals surface area contributed by atoms with Gasteiger partial charge in [0.1, 0.15) is 11.5 Å². The van der Waals surface area contributed by atoms with Crippen LogP contribution in [0.3, 0.4) is 0 Å². The number of carbonyl (C=O) groups is 2. The van der Waals surface area contributed by atoms with Gasteiger partial charge < -0.3 is 14.9 Å². The van der Waals surface area contributed by atoms with Crippen molar-refractivity contribution in [2.24, 2.45) is 0 Å². The van der Waals surface area contributed by atoms with Crippen molar-refractivity contribution in [3.8, 4) is 11.5 Å². The highest BCUT2D eigenvalue weighted by Gasteiger charge is 2.33. The molecule has 0 radical (unpaired) electrons. The van der Waals surface area contributed by atoms with Crippen LogP contribution in [0.4, 0.5) is 0 Å². The van der Waals surface area contributed by atoms with Gasteiger partial charge in [-0.2, -0.15) is 0 Å². The second kappa shape index (κ2) is 6.35. The molecule has 0 aromatic heterocycles. The number of hydrogen-bond acceptors (Lipinski definition) is 4. The van der Waals surface area contributed by atoms with E-state index in [-0.39, 0.29) is 30.5 Å². The summed E-state index contributed by atoms with van der Waals surface area (Å²) in [6.45, 7) is 1.96. The number of aromatic hydroxyl groups is 1. The second-order valence-corrected chi connectivity index (χ2v) is 6.08. The molecule has 5 nitrogen and oxygen atoms in total. The van der Waals surface area contributed by atoms with Crippen LogP contribution in [-0.4, -0.2) is 22.2 Å². The van der Waals surface area contributed by atoms with E-state index >= 15 is 0 Å². The zero-order valence-electron chi connectivity index (χ0n) is 13.3. The van der Waals surface area contributed by atoms with E-state index < -0.39 is 5.97 Å². The molecule has 2 aromatic carbocycles. The van der Waals surface area contributed by atoms with Crippen molar-refractivity contribution in [3.05, 3.63) is 58.7 Å². The molecule has 1 aliphatic heterocycles. The summed E-state index contributed by atoms with van der Waals surface area (Å²) in [6.07, 6.45) is 0.672. The Kier molecular flexibility index (Phi) is 4.25. The molecule has 1 heterocycles. The molecule has 2 N–H and O–H groups in total. The average Bonchev–Trinajstić information content (AvgIpc) is 2.82. The minimum absolute atomic E-state index is 0.0332. The third kappa shape index (κ3) is 3.25. The van der Waals surface area contributed by atoms with Crippen LogP contribution in [0, 0.1) is 6.92 Å². The third-order valence-electron chi connectivity index (χ3n) is 4.23. The second-order valence-electron chi connectivity index (χ2n) is 6.08. The minimum atomic E-state index is -0.904. The summed E-state index contributed by atoms with van der Waals surface area (Å²) < 4.78 is 5.30. The highest BCUT2D eigenvalue weighted by Crippen LogP contribution is 2.38. The SMILES string of the molecule is Cc1ccc2c(c1)C(Cc1ccc(CCC(=O)O)c(O)c1)C(=O)O2. The zero-order chi connectivity index (χ0) is 17.3. The molecule has 24 heavy (non-hydrogen) atoms. The predicted molar refractivity (Wildman–Crippen MR) is 87.3 cm³/mol. The quantitative estimate of drug-likeness (QED) is 0.652. The fraction of sp³-hybridized carbons (Fsp3) is 0.263. The number of carboxylic acid groups (broad SMARTS) is 1. The molecular weight excluding hydrogens is 308 g/mol. The lowest BCUT2D eigenvalue weighted by Crippen LogP contribution is -2.12. The van der Waals surface area contributed by atoms with Gasteiger partial charge in [0, 0.05) is 12.0 Å². The number of aliphatic carboxylic acids is 1. The monoisotopic (exact) mass is 326 g/mol. The molecule has 0 fully saturated rings. The van der Waals surface area contributed by atoms with Gasteiger partial charge in [-0.3, -0.25) is 9.59 Å². The fourth-order valence-electron chi connectivity index (χ4n) is 2.96. The minimum Gasteiger partial charge on any atom is -0.508 e. The molecule has 5 heteroatoms. The molecule has 1 aliphatic rings. The van der Waals surface area contributed by atoms with Gasteiger partial charge in [0.2, 0.25) is 0 Å². The molecule has 1 atom stereocenters. The lowest BCUT2D eigenvalue weighted by molar-refractivity contribution is -0.137. The molecule has 1 unspecified atom stereocenters. The Morgan fingerprint density at radius 3 is 2.71 bits per heavy atom. The Balaban J connectivity index is 1.80. The zero-order valence-corrected chi connectivity index (χ0v) is 13.3. The van der Waals surface area contributed by atoms with Gasteiger partial charge in [0.25, 0.3) is 0 Å². The molecule has 0 saturated heterocycles. The van der Waals surface area contributed by atoms with Gasteiger partial charge in [-0.1, -0.05) is 29.8 Å². The third-order valence-corrected chi connectivity index (χ3v) is 4.23. The number of hydrogen-bond donors (Lipinski definition) is 2. The molecule has 0 spiro atoms. The number of esters is 1. The van der Waals surface area contributed by atoms with Crippen LogP contribution in [0.2, 0.25) is 0 Å². The van der Waals surface area contributed by atoms with Gasteiger partial charge in [-0.25, -0.2) is 0 Å². The maximum Gasteiger partial charge on any atom is 0.319 e. The molecular formula is C19H18O5. The van der Waals surface area contributed by atoms with Crippen molar-refractivity contribution >= 4 is 11.9 Å². The van der Waals surface area contributed by atoms with E-state index in [0.717, 1.165) is 16.7 Å². The van der Waals surface area contributed by atoms with Crippen molar-refractivity contribution in [3.63, 3.8) is 0 Å². The maximum absolute atomic E-state index is 12.1. The van der Waals surface area contributed by atoms with E-state index in [9.17, 15) is 14.7 Å². The van der Waals surface area contributed by atoms with Crippen LogP contribution in [0.15, 0.2) is 36.4 Å². The Hall–Kier alpha value is -2.82. The number of aryl methyl sites for hydroxylation is 2. The Morgan fingerprint density at radius 1 is 1.21 bits per heavy atom. The smallest absolute Gasteiger partial charge is 0.319 e. The average molecular weight is 326 g/mol. The normalized spacial score (nSPS) is 15.9. The van der Waals surface area contributed by atoms with Crippen LogP contribution in [0.25, 0.3) is 0 Å². The van der Waals surface area contributed by atoms with Gasteiger partial charge >= 0.3 is 11.9 Å². The van der Waals surface area contributed by atoms with Crippen molar-refractivity contribution in [1.29, 1.82) is 0 Å². The largest absolute Gasteiger partial charge is 0.508 e. The van der Waals surface area contributed by atoms with Crippen LogP contribution in [0.1, 0.15) is 34.6 Å². The standard InChI is InChI=1S/C19H18O5/c1-11-2-6-17-14(8-11)15(19(23)24-17)9-12-3-4-13(16(20)10-12)5-7-18(21)22/h2-4,6,8,10,15,20H,5,7,9H2,1H3,(H,21,22). The Morgan fingerprint density at radius 2 is 2.00 bits per heavy atom. The van der Waals surface area contributed by atoms with Crippen molar-refractivity contribution < 1.29 is 24.5 Å². The molecule has 2 aromatic rings. The van der Waals surface area contributed by atoms with Crippen molar-refractivity contribution in [2.45, 2.75) is 32.1 Å². The summed E-state index contributed by atoms with van der Waals surface area (Å²) in [4.78, 5) is 22.8. The van der Waals surface area contributed by atoms with Crippen LogP contribution in [0.5, 0.6) is 11.5 Å². The fourth-order valence-corrected chi connectivity index (χ4v) is 2.96. The number of rotatable bonds is 5. The van der Waals surface area contributed by atoms with E-state index in [2.05, 4.69) is 0 Å². The van der Waals surface area contributed by atoms with Crippen LogP contribution in [-0.2, 0) is 22.4 Å². The molecule has 0 amide bonds. The first kappa shape index (κ1) is 16.1. The van der Waals surface area contributed by atoms with Crippen LogP contribution >= 0.6 is 0 Å². The number of phenolic OH excluding ortho intramolecular Hbond substituents is 1. The number of phenols is 1. The first-order valence-corrected chi connectivity index (χ1v) is 7.79. The van der Waals surface area contributed by atoms with Crippen molar-refractivity contribution in [1.82, 2.24) is 0 Å². The van der Waals surface area contributed by atoms with Gasteiger partial charge in [0.05, 0.1) is 5.92 Å². The van der Waals surface area contributed by atoms with E-state index in [1.54, 1.807) is 18.2 Å². The summed E-state index contributed by atoms with van der Waals surface area (Å²) in [5.74, 6) is -0.921.